The molecular weight excluding hydrogens is 295 g/mol. The van der Waals surface area contributed by atoms with Crippen LogP contribution in [0.3, 0.4) is 0 Å². The molecule has 1 aliphatic heterocycles. The molecule has 0 aromatic heterocycles. The number of carbonyl (C=O) groups is 2. The molecule has 1 heterocycles. The number of amides is 2. The van der Waals surface area contributed by atoms with Crippen molar-refractivity contribution in [2.24, 2.45) is 23.7 Å². The summed E-state index contributed by atoms with van der Waals surface area (Å²) in [6.45, 7) is 0. The molecular formula is C16H14F3NO2. The largest absolute Gasteiger partial charge is 0.416 e. The van der Waals surface area contributed by atoms with Gasteiger partial charge in [0, 0.05) is 0 Å². The highest BCUT2D eigenvalue weighted by atomic mass is 19.4. The van der Waals surface area contributed by atoms with Crippen molar-refractivity contribution in [1.29, 1.82) is 0 Å². The Morgan fingerprint density at radius 1 is 1.00 bits per heavy atom. The standard InChI is InChI=1S/C16H14F3NO2/c17-16(18,19)10-2-1-3-11(7-10)20-14(21)12-8-4-5-9(6-8)13(12)15(20)22/h1-3,7-9,12-13H,4-6H2/t8-,9-,12+,13+/m1/s1. The lowest BCUT2D eigenvalue weighted by Crippen LogP contribution is -2.32. The molecule has 1 saturated heterocycles. The predicted molar refractivity (Wildman–Crippen MR) is 71.7 cm³/mol. The van der Waals surface area contributed by atoms with E-state index in [0.717, 1.165) is 36.3 Å². The summed E-state index contributed by atoms with van der Waals surface area (Å²) < 4.78 is 38.5. The topological polar surface area (TPSA) is 37.4 Å². The number of rotatable bonds is 1. The summed E-state index contributed by atoms with van der Waals surface area (Å²) in [7, 11) is 0. The number of carbonyl (C=O) groups excluding carboxylic acids is 2. The summed E-state index contributed by atoms with van der Waals surface area (Å²) in [5.41, 5.74) is -0.802. The second-order valence-corrected chi connectivity index (χ2v) is 6.44. The number of nitrogens with zero attached hydrogens (tertiary/aromatic N) is 1. The first-order valence-electron chi connectivity index (χ1n) is 7.43. The molecule has 6 heteroatoms. The Bertz CT molecular complexity index is 642. The Balaban J connectivity index is 1.72. The van der Waals surface area contributed by atoms with E-state index >= 15 is 0 Å². The van der Waals surface area contributed by atoms with E-state index in [4.69, 9.17) is 0 Å². The molecule has 0 unspecified atom stereocenters. The van der Waals surface area contributed by atoms with Crippen molar-refractivity contribution in [3.05, 3.63) is 29.8 Å². The smallest absolute Gasteiger partial charge is 0.274 e. The lowest BCUT2D eigenvalue weighted by Gasteiger charge is -2.19. The average Bonchev–Trinajstić information content (AvgIpc) is 3.12. The van der Waals surface area contributed by atoms with E-state index in [1.165, 1.54) is 12.1 Å². The van der Waals surface area contributed by atoms with Crippen LogP contribution in [-0.2, 0) is 15.8 Å². The third-order valence-corrected chi connectivity index (χ3v) is 5.36. The normalized spacial score (nSPS) is 33.7. The Morgan fingerprint density at radius 3 is 2.14 bits per heavy atom. The maximum Gasteiger partial charge on any atom is 0.416 e. The molecule has 0 spiro atoms. The van der Waals surface area contributed by atoms with Gasteiger partial charge >= 0.3 is 6.18 Å². The quantitative estimate of drug-likeness (QED) is 0.747. The van der Waals surface area contributed by atoms with Crippen LogP contribution in [0.2, 0.25) is 0 Å². The maximum atomic E-state index is 12.8. The third-order valence-electron chi connectivity index (χ3n) is 5.36. The van der Waals surface area contributed by atoms with E-state index in [1.54, 1.807) is 0 Å². The molecule has 0 radical (unpaired) electrons. The number of anilines is 1. The second kappa shape index (κ2) is 4.33. The van der Waals surface area contributed by atoms with Gasteiger partial charge in [0.25, 0.3) is 0 Å². The Hall–Kier alpha value is -1.85. The Labute approximate surface area is 125 Å². The number of halogens is 3. The van der Waals surface area contributed by atoms with E-state index in [1.807, 2.05) is 0 Å². The number of alkyl halides is 3. The molecule has 3 fully saturated rings. The Morgan fingerprint density at radius 2 is 1.59 bits per heavy atom. The van der Waals surface area contributed by atoms with Crippen LogP contribution in [0.25, 0.3) is 0 Å². The molecule has 3 aliphatic rings. The van der Waals surface area contributed by atoms with Crippen LogP contribution in [0.15, 0.2) is 24.3 Å². The highest BCUT2D eigenvalue weighted by molar-refractivity contribution is 6.22. The average molecular weight is 309 g/mol. The van der Waals surface area contributed by atoms with Crippen molar-refractivity contribution in [3.8, 4) is 0 Å². The first kappa shape index (κ1) is 13.8. The minimum atomic E-state index is -4.49. The van der Waals surface area contributed by atoms with Crippen molar-refractivity contribution >= 4 is 17.5 Å². The van der Waals surface area contributed by atoms with Crippen molar-refractivity contribution < 1.29 is 22.8 Å². The van der Waals surface area contributed by atoms with Gasteiger partial charge in [-0.25, -0.2) is 0 Å². The summed E-state index contributed by atoms with van der Waals surface area (Å²) in [5, 5.41) is 0. The lowest BCUT2D eigenvalue weighted by atomic mass is 9.81. The van der Waals surface area contributed by atoms with Crippen LogP contribution in [0.4, 0.5) is 18.9 Å². The van der Waals surface area contributed by atoms with E-state index in [9.17, 15) is 22.8 Å². The molecule has 2 bridgehead atoms. The summed E-state index contributed by atoms with van der Waals surface area (Å²) in [5.74, 6) is -0.825. The first-order valence-corrected chi connectivity index (χ1v) is 7.43. The number of benzene rings is 1. The first-order chi connectivity index (χ1) is 10.4. The van der Waals surface area contributed by atoms with Crippen molar-refractivity contribution in [2.45, 2.75) is 25.4 Å². The van der Waals surface area contributed by atoms with Gasteiger partial charge in [0.2, 0.25) is 11.8 Å². The fourth-order valence-corrected chi connectivity index (χ4v) is 4.48. The molecule has 2 saturated carbocycles. The fourth-order valence-electron chi connectivity index (χ4n) is 4.48. The zero-order chi connectivity index (χ0) is 15.6. The van der Waals surface area contributed by atoms with Gasteiger partial charge in [0.15, 0.2) is 0 Å². The SMILES string of the molecule is O=C1[C@H]2[C@@H]3CC[C@H](C3)[C@@H]2C(=O)N1c1cccc(C(F)(F)F)c1. The number of imide groups is 1. The zero-order valence-electron chi connectivity index (χ0n) is 11.6. The van der Waals surface area contributed by atoms with Crippen LogP contribution < -0.4 is 4.90 Å². The molecule has 2 aliphatic carbocycles. The molecule has 2 amide bonds. The molecule has 116 valence electrons. The van der Waals surface area contributed by atoms with Crippen LogP contribution >= 0.6 is 0 Å². The van der Waals surface area contributed by atoms with Gasteiger partial charge in [-0.2, -0.15) is 13.2 Å². The lowest BCUT2D eigenvalue weighted by molar-refractivity contribution is -0.137. The van der Waals surface area contributed by atoms with E-state index < -0.39 is 11.7 Å². The van der Waals surface area contributed by atoms with Crippen molar-refractivity contribution in [2.75, 3.05) is 4.90 Å². The molecule has 4 atom stereocenters. The van der Waals surface area contributed by atoms with E-state index in [2.05, 4.69) is 0 Å². The molecule has 4 rings (SSSR count). The molecule has 22 heavy (non-hydrogen) atoms. The van der Waals surface area contributed by atoms with Crippen LogP contribution in [0.1, 0.15) is 24.8 Å². The van der Waals surface area contributed by atoms with Gasteiger partial charge in [-0.15, -0.1) is 0 Å². The number of hydrogen-bond acceptors (Lipinski definition) is 2. The highest BCUT2D eigenvalue weighted by Crippen LogP contribution is 2.56. The summed E-state index contributed by atoms with van der Waals surface area (Å²) in [6, 6.07) is 4.47. The zero-order valence-corrected chi connectivity index (χ0v) is 11.6. The van der Waals surface area contributed by atoms with E-state index in [-0.39, 0.29) is 41.2 Å². The summed E-state index contributed by atoms with van der Waals surface area (Å²) in [6.07, 6.45) is -1.69. The second-order valence-electron chi connectivity index (χ2n) is 6.44. The fraction of sp³-hybridized carbons (Fsp3) is 0.500. The molecule has 1 aromatic rings. The predicted octanol–water partition coefficient (Wildman–Crippen LogP) is 3.24. The number of hydrogen-bond donors (Lipinski definition) is 0. The van der Waals surface area contributed by atoms with Gasteiger partial charge in [0.05, 0.1) is 23.1 Å². The monoisotopic (exact) mass is 309 g/mol. The molecule has 0 N–H and O–H groups in total. The van der Waals surface area contributed by atoms with Crippen LogP contribution in [0.5, 0.6) is 0 Å². The van der Waals surface area contributed by atoms with Gasteiger partial charge in [0.1, 0.15) is 0 Å². The Kier molecular flexibility index (Phi) is 2.72. The minimum absolute atomic E-state index is 0.0404. The van der Waals surface area contributed by atoms with Crippen LogP contribution in [-0.4, -0.2) is 11.8 Å². The molecule has 1 aromatic carbocycles. The van der Waals surface area contributed by atoms with Crippen LogP contribution in [0, 0.1) is 23.7 Å². The van der Waals surface area contributed by atoms with Gasteiger partial charge < -0.3 is 0 Å². The minimum Gasteiger partial charge on any atom is -0.274 e. The summed E-state index contributed by atoms with van der Waals surface area (Å²) >= 11 is 0. The van der Waals surface area contributed by atoms with Crippen molar-refractivity contribution in [3.63, 3.8) is 0 Å². The van der Waals surface area contributed by atoms with Gasteiger partial charge in [-0.1, -0.05) is 6.07 Å². The number of fused-ring (bicyclic) bond motifs is 5. The van der Waals surface area contributed by atoms with Gasteiger partial charge in [-0.05, 0) is 49.3 Å². The highest BCUT2D eigenvalue weighted by Gasteiger charge is 2.61. The summed E-state index contributed by atoms with van der Waals surface area (Å²) in [4.78, 5) is 26.1. The van der Waals surface area contributed by atoms with Crippen molar-refractivity contribution in [1.82, 2.24) is 0 Å². The maximum absolute atomic E-state index is 12.8. The van der Waals surface area contributed by atoms with Gasteiger partial charge in [-0.3, -0.25) is 14.5 Å². The third kappa shape index (κ3) is 1.76. The molecule has 3 nitrogen and oxygen atoms in total. The van der Waals surface area contributed by atoms with E-state index in [0.29, 0.717) is 0 Å².